The summed E-state index contributed by atoms with van der Waals surface area (Å²) in [5.74, 6) is 1.53. The number of nitrogens with zero attached hydrogens (tertiary/aromatic N) is 4. The molecule has 1 unspecified atom stereocenters. The molecule has 3 fully saturated rings. The summed E-state index contributed by atoms with van der Waals surface area (Å²) in [6.45, 7) is 2.84. The second kappa shape index (κ2) is 5.79. The number of hydrogen-bond acceptors (Lipinski definition) is 5. The van der Waals surface area contributed by atoms with Crippen LogP contribution >= 0.6 is 0 Å². The fourth-order valence-corrected chi connectivity index (χ4v) is 3.28. The summed E-state index contributed by atoms with van der Waals surface area (Å²) >= 11 is 0. The van der Waals surface area contributed by atoms with Crippen molar-refractivity contribution >= 4 is 17.6 Å². The fraction of sp³-hybridized carbons (Fsp3) is 0.625. The lowest BCUT2D eigenvalue weighted by Crippen LogP contribution is -2.53. The lowest BCUT2D eigenvalue weighted by Gasteiger charge is -2.36. The molecule has 23 heavy (non-hydrogen) atoms. The number of anilines is 1. The van der Waals surface area contributed by atoms with Crippen molar-refractivity contribution < 1.29 is 9.59 Å². The average molecular weight is 315 g/mol. The van der Waals surface area contributed by atoms with E-state index in [9.17, 15) is 9.59 Å². The second-order valence-electron chi connectivity index (χ2n) is 6.56. The minimum atomic E-state index is -0.327. The van der Waals surface area contributed by atoms with Gasteiger partial charge in [-0.15, -0.1) is 5.10 Å². The Balaban J connectivity index is 1.33. The van der Waals surface area contributed by atoms with E-state index in [2.05, 4.69) is 26.5 Å². The van der Waals surface area contributed by atoms with E-state index in [1.165, 1.54) is 12.8 Å². The smallest absolute Gasteiger partial charge is 0.245 e. The summed E-state index contributed by atoms with van der Waals surface area (Å²) in [5, 5.41) is 11.4. The molecule has 0 radical (unpaired) electrons. The van der Waals surface area contributed by atoms with Crippen LogP contribution in [-0.2, 0) is 9.59 Å². The van der Waals surface area contributed by atoms with Gasteiger partial charge in [0.25, 0.3) is 0 Å². The fourth-order valence-electron chi connectivity index (χ4n) is 3.28. The third kappa shape index (κ3) is 3.00. The van der Waals surface area contributed by atoms with Gasteiger partial charge in [-0.2, -0.15) is 5.10 Å². The average Bonchev–Trinajstić information content (AvgIpc) is 3.36. The summed E-state index contributed by atoms with van der Waals surface area (Å²) in [4.78, 5) is 27.6. The standard InChI is InChI=1S/C16H21N5O2/c22-15-6-4-13(17-15)16(23)21-9-7-20(8-10-21)14-5-3-12(18-19-14)11-1-2-11/h3,5,11,13H,1-2,4,6-10H2,(H,17,22). The Morgan fingerprint density at radius 3 is 2.43 bits per heavy atom. The number of hydrogen-bond donors (Lipinski definition) is 1. The van der Waals surface area contributed by atoms with Gasteiger partial charge in [-0.3, -0.25) is 9.59 Å². The lowest BCUT2D eigenvalue weighted by atomic mass is 10.2. The molecular formula is C16H21N5O2. The predicted molar refractivity (Wildman–Crippen MR) is 84.0 cm³/mol. The van der Waals surface area contributed by atoms with Crippen LogP contribution in [0.5, 0.6) is 0 Å². The van der Waals surface area contributed by atoms with E-state index in [-0.39, 0.29) is 17.9 Å². The van der Waals surface area contributed by atoms with Crippen LogP contribution in [0.4, 0.5) is 5.82 Å². The van der Waals surface area contributed by atoms with E-state index < -0.39 is 0 Å². The van der Waals surface area contributed by atoms with Crippen LogP contribution < -0.4 is 10.2 Å². The molecule has 2 amide bonds. The third-order valence-electron chi connectivity index (χ3n) is 4.88. The molecule has 7 heteroatoms. The van der Waals surface area contributed by atoms with Crippen molar-refractivity contribution in [3.63, 3.8) is 0 Å². The molecule has 1 atom stereocenters. The van der Waals surface area contributed by atoms with Gasteiger partial charge in [0.2, 0.25) is 11.8 Å². The van der Waals surface area contributed by atoms with Crippen molar-refractivity contribution in [1.82, 2.24) is 20.4 Å². The maximum Gasteiger partial charge on any atom is 0.245 e. The minimum absolute atomic E-state index is 0.0204. The van der Waals surface area contributed by atoms with Gasteiger partial charge in [-0.25, -0.2) is 0 Å². The number of aromatic nitrogens is 2. The first-order valence-electron chi connectivity index (χ1n) is 8.37. The maximum atomic E-state index is 12.4. The van der Waals surface area contributed by atoms with Crippen molar-refractivity contribution in [1.29, 1.82) is 0 Å². The molecule has 1 N–H and O–H groups in total. The van der Waals surface area contributed by atoms with E-state index >= 15 is 0 Å². The molecule has 0 spiro atoms. The normalized spacial score (nSPS) is 24.7. The minimum Gasteiger partial charge on any atom is -0.352 e. The Morgan fingerprint density at radius 2 is 1.87 bits per heavy atom. The first-order chi connectivity index (χ1) is 11.2. The zero-order valence-electron chi connectivity index (χ0n) is 13.1. The van der Waals surface area contributed by atoms with Crippen molar-refractivity contribution in [2.75, 3.05) is 31.1 Å². The Labute approximate surface area is 135 Å². The number of piperazine rings is 1. The molecule has 3 aliphatic rings. The highest BCUT2D eigenvalue weighted by molar-refractivity contribution is 5.90. The number of amides is 2. The molecule has 4 rings (SSSR count). The zero-order valence-corrected chi connectivity index (χ0v) is 13.1. The van der Waals surface area contributed by atoms with Gasteiger partial charge in [-0.05, 0) is 31.4 Å². The molecule has 122 valence electrons. The topological polar surface area (TPSA) is 78.4 Å². The van der Waals surface area contributed by atoms with Crippen LogP contribution in [0, 0.1) is 0 Å². The van der Waals surface area contributed by atoms with Crippen molar-refractivity contribution in [3.05, 3.63) is 17.8 Å². The second-order valence-corrected chi connectivity index (χ2v) is 6.56. The maximum absolute atomic E-state index is 12.4. The molecule has 3 heterocycles. The summed E-state index contributed by atoms with van der Waals surface area (Å²) in [7, 11) is 0. The molecule has 0 aromatic carbocycles. The Kier molecular flexibility index (Phi) is 3.63. The van der Waals surface area contributed by atoms with E-state index in [0.717, 1.165) is 24.6 Å². The number of rotatable bonds is 3. The monoisotopic (exact) mass is 315 g/mol. The SMILES string of the molecule is O=C1CCC(C(=O)N2CCN(c3ccc(C4CC4)nn3)CC2)N1. The van der Waals surface area contributed by atoms with E-state index in [0.29, 0.717) is 31.8 Å². The summed E-state index contributed by atoms with van der Waals surface area (Å²) in [6.07, 6.45) is 3.53. The highest BCUT2D eigenvalue weighted by atomic mass is 16.2. The van der Waals surface area contributed by atoms with Crippen molar-refractivity contribution in [2.45, 2.75) is 37.6 Å². The molecule has 2 aliphatic heterocycles. The first-order valence-corrected chi connectivity index (χ1v) is 8.37. The van der Waals surface area contributed by atoms with E-state index in [1.807, 2.05) is 11.0 Å². The van der Waals surface area contributed by atoms with Crippen LogP contribution in [-0.4, -0.2) is 59.1 Å². The highest BCUT2D eigenvalue weighted by Crippen LogP contribution is 2.38. The predicted octanol–water partition coefficient (Wildman–Crippen LogP) is 0.281. The molecular weight excluding hydrogens is 294 g/mol. The quantitative estimate of drug-likeness (QED) is 0.867. The molecule has 1 aromatic heterocycles. The largest absolute Gasteiger partial charge is 0.352 e. The van der Waals surface area contributed by atoms with Gasteiger partial charge in [0.05, 0.1) is 5.69 Å². The third-order valence-corrected chi connectivity index (χ3v) is 4.88. The van der Waals surface area contributed by atoms with Gasteiger partial charge >= 0.3 is 0 Å². The van der Waals surface area contributed by atoms with Gasteiger partial charge in [0.1, 0.15) is 6.04 Å². The summed E-state index contributed by atoms with van der Waals surface area (Å²) < 4.78 is 0. The van der Waals surface area contributed by atoms with E-state index in [1.54, 1.807) is 0 Å². The Hall–Kier alpha value is -2.18. The van der Waals surface area contributed by atoms with Crippen molar-refractivity contribution in [3.8, 4) is 0 Å². The van der Waals surface area contributed by atoms with E-state index in [4.69, 9.17) is 0 Å². The molecule has 1 aromatic rings. The molecule has 1 saturated carbocycles. The summed E-state index contributed by atoms with van der Waals surface area (Å²) in [6, 6.07) is 3.78. The summed E-state index contributed by atoms with van der Waals surface area (Å²) in [5.41, 5.74) is 1.10. The molecule has 7 nitrogen and oxygen atoms in total. The number of nitrogens with one attached hydrogen (secondary N) is 1. The molecule has 1 aliphatic carbocycles. The first kappa shape index (κ1) is 14.4. The highest BCUT2D eigenvalue weighted by Gasteiger charge is 2.32. The van der Waals surface area contributed by atoms with Gasteiger partial charge < -0.3 is 15.1 Å². The van der Waals surface area contributed by atoms with Gasteiger partial charge in [-0.1, -0.05) is 0 Å². The number of carbonyl (C=O) groups is 2. The zero-order chi connectivity index (χ0) is 15.8. The van der Waals surface area contributed by atoms with Crippen LogP contribution in [0.15, 0.2) is 12.1 Å². The van der Waals surface area contributed by atoms with Crippen LogP contribution in [0.2, 0.25) is 0 Å². The van der Waals surface area contributed by atoms with Crippen molar-refractivity contribution in [2.24, 2.45) is 0 Å². The Bertz CT molecular complexity index is 605. The molecule has 2 saturated heterocycles. The van der Waals surface area contributed by atoms with Gasteiger partial charge in [0.15, 0.2) is 5.82 Å². The van der Waals surface area contributed by atoms with Crippen LogP contribution in [0.3, 0.4) is 0 Å². The van der Waals surface area contributed by atoms with Crippen LogP contribution in [0.1, 0.15) is 37.3 Å². The molecule has 0 bridgehead atoms. The van der Waals surface area contributed by atoms with Crippen LogP contribution in [0.25, 0.3) is 0 Å². The lowest BCUT2D eigenvalue weighted by molar-refractivity contribution is -0.134. The van der Waals surface area contributed by atoms with Gasteiger partial charge in [0, 0.05) is 38.5 Å². The Morgan fingerprint density at radius 1 is 1.09 bits per heavy atom. The number of carbonyl (C=O) groups excluding carboxylic acids is 2.